The molecule has 1 amide bonds. The van der Waals surface area contributed by atoms with Gasteiger partial charge in [0.05, 0.1) is 0 Å². The molecule has 1 aromatic carbocycles. The van der Waals surface area contributed by atoms with Crippen LogP contribution in [0.1, 0.15) is 38.5 Å². The first-order valence-electron chi connectivity index (χ1n) is 8.62. The third-order valence-corrected chi connectivity index (χ3v) is 5.16. The van der Waals surface area contributed by atoms with E-state index in [4.69, 9.17) is 11.6 Å². The molecule has 2 aliphatic carbocycles. The first-order chi connectivity index (χ1) is 11.3. The molecule has 0 heterocycles. The van der Waals surface area contributed by atoms with E-state index in [2.05, 4.69) is 29.6 Å². The van der Waals surface area contributed by atoms with Crippen LogP contribution in [0.3, 0.4) is 0 Å². The van der Waals surface area contributed by atoms with Crippen LogP contribution < -0.4 is 5.32 Å². The third-order valence-electron chi connectivity index (χ3n) is 4.91. The van der Waals surface area contributed by atoms with Crippen LogP contribution in [-0.4, -0.2) is 5.91 Å². The number of allylic oxidation sites excluding steroid dienone is 4. The Morgan fingerprint density at radius 1 is 0.870 bits per heavy atom. The van der Waals surface area contributed by atoms with Crippen molar-refractivity contribution in [2.75, 3.05) is 5.32 Å². The fraction of sp³-hybridized carbons (Fsp3) is 0.450. The summed E-state index contributed by atoms with van der Waals surface area (Å²) in [4.78, 5) is 12.6. The molecule has 3 heteroatoms. The molecule has 1 fully saturated rings. The van der Waals surface area contributed by atoms with Gasteiger partial charge in [-0.3, -0.25) is 4.79 Å². The highest BCUT2D eigenvalue weighted by molar-refractivity contribution is 6.30. The Kier molecular flexibility index (Phi) is 5.56. The summed E-state index contributed by atoms with van der Waals surface area (Å²) >= 11 is 5.89. The lowest BCUT2D eigenvalue weighted by Gasteiger charge is -2.05. The Morgan fingerprint density at radius 2 is 1.39 bits per heavy atom. The number of anilines is 1. The van der Waals surface area contributed by atoms with Gasteiger partial charge in [0.25, 0.3) is 0 Å². The predicted octanol–water partition coefficient (Wildman–Crippen LogP) is 5.61. The summed E-state index contributed by atoms with van der Waals surface area (Å²) in [7, 11) is 0. The van der Waals surface area contributed by atoms with Gasteiger partial charge in [-0.2, -0.15) is 0 Å². The number of rotatable bonds is 2. The summed E-state index contributed by atoms with van der Waals surface area (Å²) in [5.74, 6) is 1.43. The maximum atomic E-state index is 12.6. The number of fused-ring (bicyclic) bond motifs is 1. The molecule has 0 spiro atoms. The largest absolute Gasteiger partial charge is 0.326 e. The van der Waals surface area contributed by atoms with Crippen molar-refractivity contribution in [3.05, 3.63) is 53.6 Å². The van der Waals surface area contributed by atoms with Gasteiger partial charge in [-0.15, -0.1) is 0 Å². The van der Waals surface area contributed by atoms with Crippen LogP contribution in [0.2, 0.25) is 5.02 Å². The highest BCUT2D eigenvalue weighted by Crippen LogP contribution is 2.52. The van der Waals surface area contributed by atoms with Gasteiger partial charge in [0.2, 0.25) is 5.91 Å². The molecule has 3 rings (SSSR count). The zero-order chi connectivity index (χ0) is 16.1. The van der Waals surface area contributed by atoms with Gasteiger partial charge < -0.3 is 5.32 Å². The van der Waals surface area contributed by atoms with E-state index in [9.17, 15) is 4.79 Å². The number of carbonyl (C=O) groups is 1. The van der Waals surface area contributed by atoms with E-state index >= 15 is 0 Å². The molecule has 0 aliphatic heterocycles. The number of halogens is 1. The standard InChI is InChI=1S/C20H24ClNO/c21-15-11-13-16(14-12-15)22-20(23)19-17-9-7-5-3-1-2-4-6-8-10-18(17)19/h3-6,11-14,17-19H,1-2,7-10H2,(H,22,23)/b5-3-,6-4+/t17-,18-,19?/m1/s1. The minimum Gasteiger partial charge on any atom is -0.326 e. The Labute approximate surface area is 143 Å². The van der Waals surface area contributed by atoms with Crippen LogP contribution in [0.25, 0.3) is 0 Å². The van der Waals surface area contributed by atoms with Crippen LogP contribution in [-0.2, 0) is 4.79 Å². The van der Waals surface area contributed by atoms with Crippen LogP contribution in [0.15, 0.2) is 48.6 Å². The summed E-state index contributed by atoms with van der Waals surface area (Å²) in [6, 6.07) is 7.34. The summed E-state index contributed by atoms with van der Waals surface area (Å²) in [5.41, 5.74) is 0.835. The van der Waals surface area contributed by atoms with Crippen LogP contribution in [0.4, 0.5) is 5.69 Å². The van der Waals surface area contributed by atoms with E-state index in [0.717, 1.165) is 44.2 Å². The molecule has 0 aromatic heterocycles. The molecule has 2 nitrogen and oxygen atoms in total. The fourth-order valence-electron chi connectivity index (χ4n) is 3.62. The first kappa shape index (κ1) is 16.3. The second-order valence-corrected chi connectivity index (χ2v) is 6.96. The van der Waals surface area contributed by atoms with Crippen molar-refractivity contribution in [2.24, 2.45) is 17.8 Å². The Hall–Kier alpha value is -1.54. The molecule has 23 heavy (non-hydrogen) atoms. The molecule has 1 saturated carbocycles. The third kappa shape index (κ3) is 4.48. The minimum absolute atomic E-state index is 0.171. The average molecular weight is 330 g/mol. The Bertz CT molecular complexity index is 566. The summed E-state index contributed by atoms with van der Waals surface area (Å²) < 4.78 is 0. The maximum Gasteiger partial charge on any atom is 0.228 e. The van der Waals surface area contributed by atoms with Gasteiger partial charge in [0.1, 0.15) is 0 Å². The second kappa shape index (κ2) is 7.83. The molecule has 0 radical (unpaired) electrons. The maximum absolute atomic E-state index is 12.6. The fourth-order valence-corrected chi connectivity index (χ4v) is 3.75. The number of hydrogen-bond donors (Lipinski definition) is 1. The van der Waals surface area contributed by atoms with E-state index in [1.165, 1.54) is 0 Å². The lowest BCUT2D eigenvalue weighted by atomic mass is 10.1. The molecular weight excluding hydrogens is 306 g/mol. The van der Waals surface area contributed by atoms with Crippen molar-refractivity contribution in [2.45, 2.75) is 38.5 Å². The lowest BCUT2D eigenvalue weighted by Crippen LogP contribution is -2.15. The number of nitrogens with one attached hydrogen (secondary N) is 1. The quantitative estimate of drug-likeness (QED) is 0.702. The number of amides is 1. The predicted molar refractivity (Wildman–Crippen MR) is 96.5 cm³/mol. The normalized spacial score (nSPS) is 30.2. The van der Waals surface area contributed by atoms with E-state index in [0.29, 0.717) is 16.9 Å². The summed E-state index contributed by atoms with van der Waals surface area (Å²) in [6.07, 6.45) is 15.8. The average Bonchev–Trinajstić information content (AvgIpc) is 3.22. The first-order valence-corrected chi connectivity index (χ1v) is 9.00. The van der Waals surface area contributed by atoms with E-state index in [1.54, 1.807) is 0 Å². The minimum atomic E-state index is 0.171. The molecule has 2 aliphatic rings. The highest BCUT2D eigenvalue weighted by Gasteiger charge is 2.52. The lowest BCUT2D eigenvalue weighted by molar-refractivity contribution is -0.117. The van der Waals surface area contributed by atoms with Gasteiger partial charge in [0.15, 0.2) is 0 Å². The topological polar surface area (TPSA) is 29.1 Å². The number of hydrogen-bond acceptors (Lipinski definition) is 1. The van der Waals surface area contributed by atoms with Crippen LogP contribution >= 0.6 is 11.6 Å². The van der Waals surface area contributed by atoms with Gasteiger partial charge in [-0.05, 0) is 74.6 Å². The highest BCUT2D eigenvalue weighted by atomic mass is 35.5. The molecule has 122 valence electrons. The van der Waals surface area contributed by atoms with Crippen molar-refractivity contribution in [3.8, 4) is 0 Å². The molecule has 3 atom stereocenters. The number of benzene rings is 1. The zero-order valence-electron chi connectivity index (χ0n) is 13.4. The smallest absolute Gasteiger partial charge is 0.228 e. The van der Waals surface area contributed by atoms with Crippen molar-refractivity contribution < 1.29 is 4.79 Å². The van der Waals surface area contributed by atoms with E-state index in [-0.39, 0.29) is 11.8 Å². The van der Waals surface area contributed by atoms with Crippen molar-refractivity contribution in [1.82, 2.24) is 0 Å². The summed E-state index contributed by atoms with van der Waals surface area (Å²) in [6.45, 7) is 0. The Balaban J connectivity index is 1.60. The summed E-state index contributed by atoms with van der Waals surface area (Å²) in [5, 5.41) is 3.74. The molecule has 1 aromatic rings. The Morgan fingerprint density at radius 3 is 1.96 bits per heavy atom. The van der Waals surface area contributed by atoms with Crippen LogP contribution in [0.5, 0.6) is 0 Å². The monoisotopic (exact) mass is 329 g/mol. The van der Waals surface area contributed by atoms with Crippen molar-refractivity contribution in [1.29, 1.82) is 0 Å². The zero-order valence-corrected chi connectivity index (χ0v) is 14.1. The van der Waals surface area contributed by atoms with E-state index < -0.39 is 0 Å². The van der Waals surface area contributed by atoms with Gasteiger partial charge in [0, 0.05) is 16.6 Å². The van der Waals surface area contributed by atoms with Gasteiger partial charge in [-0.25, -0.2) is 0 Å². The molecule has 0 saturated heterocycles. The molecule has 1 N–H and O–H groups in total. The SMILES string of the molecule is O=C(Nc1ccc(Cl)cc1)C1[C@@H]2CC/C=C\CC/C=C/CC[C@@H]12. The van der Waals surface area contributed by atoms with Gasteiger partial charge >= 0.3 is 0 Å². The molecular formula is C20H24ClNO. The van der Waals surface area contributed by atoms with Gasteiger partial charge in [-0.1, -0.05) is 35.9 Å². The van der Waals surface area contributed by atoms with Crippen molar-refractivity contribution >= 4 is 23.2 Å². The van der Waals surface area contributed by atoms with Crippen LogP contribution in [0, 0.1) is 17.8 Å². The second-order valence-electron chi connectivity index (χ2n) is 6.52. The number of carbonyl (C=O) groups excluding carboxylic acids is 1. The van der Waals surface area contributed by atoms with Crippen molar-refractivity contribution in [3.63, 3.8) is 0 Å². The molecule has 1 unspecified atom stereocenters. The van der Waals surface area contributed by atoms with E-state index in [1.807, 2.05) is 24.3 Å². The molecule has 0 bridgehead atoms.